The van der Waals surface area contributed by atoms with Crippen LogP contribution in [0.4, 0.5) is 5.69 Å². The maximum atomic E-state index is 12.8. The van der Waals surface area contributed by atoms with E-state index in [1.165, 1.54) is 51.5 Å². The first-order valence-electron chi connectivity index (χ1n) is 8.74. The molecule has 0 unspecified atom stereocenters. The van der Waals surface area contributed by atoms with Gasteiger partial charge in [0.1, 0.15) is 18.0 Å². The molecule has 10 heteroatoms. The van der Waals surface area contributed by atoms with Gasteiger partial charge in [-0.3, -0.25) is 14.2 Å². The van der Waals surface area contributed by atoms with E-state index in [0.29, 0.717) is 44.6 Å². The summed E-state index contributed by atoms with van der Waals surface area (Å²) >= 11 is 6.13. The van der Waals surface area contributed by atoms with Crippen molar-refractivity contribution in [2.45, 2.75) is 6.54 Å². The van der Waals surface area contributed by atoms with Crippen molar-refractivity contribution in [2.75, 3.05) is 33.8 Å². The molecule has 1 aromatic heterocycles. The Bertz CT molecular complexity index is 1160. The number of rotatable bonds is 7. The van der Waals surface area contributed by atoms with Gasteiger partial charge < -0.3 is 24.3 Å². The number of fused-ring (bicyclic) bond motifs is 1. The molecule has 0 saturated heterocycles. The highest BCUT2D eigenvalue weighted by molar-refractivity contribution is 6.32. The number of hydrogen-bond donors (Lipinski definition) is 1. The van der Waals surface area contributed by atoms with E-state index in [1.807, 2.05) is 0 Å². The number of nitrogens with one attached hydrogen (secondary N) is 1. The lowest BCUT2D eigenvalue weighted by Crippen LogP contribution is -2.28. The Morgan fingerprint density at radius 1 is 0.967 bits per heavy atom. The van der Waals surface area contributed by atoms with Gasteiger partial charge in [0.05, 0.1) is 56.4 Å². The van der Waals surface area contributed by atoms with Crippen LogP contribution in [0, 0.1) is 0 Å². The average Bonchev–Trinajstić information content (AvgIpc) is 2.75. The van der Waals surface area contributed by atoms with Crippen LogP contribution in [0.15, 0.2) is 35.4 Å². The van der Waals surface area contributed by atoms with Crippen LogP contribution in [0.2, 0.25) is 5.02 Å². The third-order valence-corrected chi connectivity index (χ3v) is 4.69. The number of carbonyl (C=O) groups is 1. The van der Waals surface area contributed by atoms with Crippen molar-refractivity contribution in [3.05, 3.63) is 46.0 Å². The quantitative estimate of drug-likeness (QED) is 0.611. The van der Waals surface area contributed by atoms with Gasteiger partial charge in [-0.2, -0.15) is 0 Å². The second-order valence-corrected chi connectivity index (χ2v) is 6.54. The van der Waals surface area contributed by atoms with Gasteiger partial charge in [0.2, 0.25) is 5.91 Å². The second kappa shape index (κ2) is 8.91. The Balaban J connectivity index is 1.89. The minimum Gasteiger partial charge on any atom is -0.495 e. The second-order valence-electron chi connectivity index (χ2n) is 6.14. The van der Waals surface area contributed by atoms with Crippen LogP contribution in [-0.2, 0) is 11.3 Å². The normalized spacial score (nSPS) is 10.6. The standard InChI is InChI=1S/C20H20ClN3O6/c1-27-15-8-16(28-2)14(6-12(15)21)23-19(25)9-24-10-22-13-7-18(30-4)17(29-3)5-11(13)20(24)26/h5-8,10H,9H2,1-4H3,(H,23,25). The molecular formula is C20H20ClN3O6. The van der Waals surface area contributed by atoms with Crippen LogP contribution in [0.3, 0.4) is 0 Å². The van der Waals surface area contributed by atoms with E-state index in [4.69, 9.17) is 30.5 Å². The van der Waals surface area contributed by atoms with E-state index in [2.05, 4.69) is 10.3 Å². The molecule has 1 amide bonds. The van der Waals surface area contributed by atoms with E-state index >= 15 is 0 Å². The monoisotopic (exact) mass is 433 g/mol. The largest absolute Gasteiger partial charge is 0.495 e. The molecular weight excluding hydrogens is 414 g/mol. The zero-order chi connectivity index (χ0) is 21.8. The summed E-state index contributed by atoms with van der Waals surface area (Å²) in [6.07, 6.45) is 1.30. The third-order valence-electron chi connectivity index (χ3n) is 4.39. The zero-order valence-electron chi connectivity index (χ0n) is 16.8. The van der Waals surface area contributed by atoms with Gasteiger partial charge in [-0.25, -0.2) is 4.98 Å². The number of ether oxygens (including phenoxy) is 4. The van der Waals surface area contributed by atoms with Gasteiger partial charge in [-0.1, -0.05) is 11.6 Å². The highest BCUT2D eigenvalue weighted by Crippen LogP contribution is 2.36. The van der Waals surface area contributed by atoms with Crippen molar-refractivity contribution >= 4 is 34.1 Å². The van der Waals surface area contributed by atoms with Crippen LogP contribution in [-0.4, -0.2) is 43.9 Å². The van der Waals surface area contributed by atoms with E-state index in [0.717, 1.165) is 0 Å². The molecule has 30 heavy (non-hydrogen) atoms. The van der Waals surface area contributed by atoms with Crippen molar-refractivity contribution in [1.82, 2.24) is 9.55 Å². The molecule has 2 aromatic carbocycles. The first kappa shape index (κ1) is 21.3. The van der Waals surface area contributed by atoms with Crippen molar-refractivity contribution in [3.8, 4) is 23.0 Å². The first-order chi connectivity index (χ1) is 14.4. The lowest BCUT2D eigenvalue weighted by molar-refractivity contribution is -0.116. The Labute approximate surface area is 177 Å². The molecule has 0 fully saturated rings. The Hall–Kier alpha value is -3.46. The fourth-order valence-electron chi connectivity index (χ4n) is 2.90. The van der Waals surface area contributed by atoms with Crippen LogP contribution < -0.4 is 29.8 Å². The maximum absolute atomic E-state index is 12.8. The molecule has 0 saturated carbocycles. The number of hydrogen-bond acceptors (Lipinski definition) is 7. The van der Waals surface area contributed by atoms with Gasteiger partial charge in [-0.15, -0.1) is 0 Å². The Morgan fingerprint density at radius 2 is 1.60 bits per heavy atom. The minimum absolute atomic E-state index is 0.261. The number of halogens is 1. The molecule has 158 valence electrons. The summed E-state index contributed by atoms with van der Waals surface area (Å²) in [4.78, 5) is 29.6. The lowest BCUT2D eigenvalue weighted by Gasteiger charge is -2.14. The van der Waals surface area contributed by atoms with Crippen LogP contribution in [0.5, 0.6) is 23.0 Å². The molecule has 3 aromatic rings. The lowest BCUT2D eigenvalue weighted by atomic mass is 10.2. The van der Waals surface area contributed by atoms with Crippen LogP contribution in [0.1, 0.15) is 0 Å². The molecule has 0 spiro atoms. The number of carbonyl (C=O) groups excluding carboxylic acids is 1. The summed E-state index contributed by atoms with van der Waals surface area (Å²) < 4.78 is 22.1. The smallest absolute Gasteiger partial charge is 0.261 e. The fourth-order valence-corrected chi connectivity index (χ4v) is 3.14. The highest BCUT2D eigenvalue weighted by Gasteiger charge is 2.15. The first-order valence-corrected chi connectivity index (χ1v) is 9.12. The zero-order valence-corrected chi connectivity index (χ0v) is 17.6. The molecule has 0 aliphatic rings. The van der Waals surface area contributed by atoms with Gasteiger partial charge in [0.15, 0.2) is 11.5 Å². The number of aromatic nitrogens is 2. The third kappa shape index (κ3) is 4.11. The number of amides is 1. The van der Waals surface area contributed by atoms with E-state index in [1.54, 1.807) is 12.1 Å². The molecule has 0 aliphatic carbocycles. The summed E-state index contributed by atoms with van der Waals surface area (Å²) in [6.45, 7) is -0.261. The van der Waals surface area contributed by atoms with Gasteiger partial charge in [-0.05, 0) is 12.1 Å². The highest BCUT2D eigenvalue weighted by atomic mass is 35.5. The fraction of sp³-hybridized carbons (Fsp3) is 0.250. The van der Waals surface area contributed by atoms with E-state index in [9.17, 15) is 9.59 Å². The topological polar surface area (TPSA) is 101 Å². The SMILES string of the molecule is COc1cc(OC)c(NC(=O)Cn2cnc3cc(OC)c(OC)cc3c2=O)cc1Cl. The molecule has 3 rings (SSSR count). The van der Waals surface area contributed by atoms with E-state index < -0.39 is 11.5 Å². The van der Waals surface area contributed by atoms with Crippen LogP contribution >= 0.6 is 11.6 Å². The van der Waals surface area contributed by atoms with E-state index in [-0.39, 0.29) is 6.54 Å². The van der Waals surface area contributed by atoms with Crippen molar-refractivity contribution in [1.29, 1.82) is 0 Å². The molecule has 0 bridgehead atoms. The number of anilines is 1. The number of nitrogens with zero attached hydrogens (tertiary/aromatic N) is 2. The summed E-state index contributed by atoms with van der Waals surface area (Å²) in [5.41, 5.74) is 0.384. The van der Waals surface area contributed by atoms with Crippen molar-refractivity contribution in [2.24, 2.45) is 0 Å². The predicted molar refractivity (Wildman–Crippen MR) is 112 cm³/mol. The van der Waals surface area contributed by atoms with Gasteiger partial charge >= 0.3 is 0 Å². The molecule has 1 N–H and O–H groups in total. The minimum atomic E-state index is -0.460. The molecule has 0 atom stereocenters. The summed E-state index contributed by atoms with van der Waals surface area (Å²) in [5.74, 6) is 1.16. The molecule has 0 radical (unpaired) electrons. The number of benzene rings is 2. The Morgan fingerprint density at radius 3 is 2.23 bits per heavy atom. The molecule has 9 nitrogen and oxygen atoms in total. The predicted octanol–water partition coefficient (Wildman–Crippen LogP) is 2.72. The van der Waals surface area contributed by atoms with Crippen LogP contribution in [0.25, 0.3) is 10.9 Å². The Kier molecular flexibility index (Phi) is 6.31. The number of methoxy groups -OCH3 is 4. The van der Waals surface area contributed by atoms with Crippen molar-refractivity contribution < 1.29 is 23.7 Å². The molecule has 1 heterocycles. The summed E-state index contributed by atoms with van der Waals surface area (Å²) in [5, 5.41) is 3.29. The van der Waals surface area contributed by atoms with Crippen molar-refractivity contribution in [3.63, 3.8) is 0 Å². The van der Waals surface area contributed by atoms with Gasteiger partial charge in [0, 0.05) is 12.1 Å². The molecule has 0 aliphatic heterocycles. The van der Waals surface area contributed by atoms with Gasteiger partial charge in [0.25, 0.3) is 5.56 Å². The average molecular weight is 434 g/mol. The maximum Gasteiger partial charge on any atom is 0.261 e. The summed E-state index contributed by atoms with van der Waals surface area (Å²) in [6, 6.07) is 6.20. The summed E-state index contributed by atoms with van der Waals surface area (Å²) in [7, 11) is 5.90.